The van der Waals surface area contributed by atoms with Crippen molar-refractivity contribution in [3.8, 4) is 0 Å². The summed E-state index contributed by atoms with van der Waals surface area (Å²) in [4.78, 5) is 36.8. The van der Waals surface area contributed by atoms with E-state index in [1.54, 1.807) is 26.0 Å². The zero-order chi connectivity index (χ0) is 18.5. The molecule has 132 valence electrons. The minimum Gasteiger partial charge on any atom is -0.458 e. The topological polar surface area (TPSA) is 69.7 Å². The van der Waals surface area contributed by atoms with Crippen LogP contribution in [0.4, 0.5) is 0 Å². The third kappa shape index (κ3) is 2.68. The van der Waals surface area contributed by atoms with Crippen molar-refractivity contribution in [3.05, 3.63) is 46.6 Å². The number of carbonyl (C=O) groups is 3. The first kappa shape index (κ1) is 17.4. The molecule has 1 saturated heterocycles. The van der Waals surface area contributed by atoms with Crippen LogP contribution in [0.15, 0.2) is 46.6 Å². The molecule has 3 rings (SSSR count). The van der Waals surface area contributed by atoms with Gasteiger partial charge in [0.15, 0.2) is 5.78 Å². The first-order chi connectivity index (χ1) is 11.8. The molecule has 25 heavy (non-hydrogen) atoms. The minimum absolute atomic E-state index is 0.0519. The number of esters is 2. The van der Waals surface area contributed by atoms with E-state index in [0.29, 0.717) is 23.1 Å². The molecule has 1 aliphatic heterocycles. The quantitative estimate of drug-likeness (QED) is 0.570. The molecular formula is C20H22O5. The van der Waals surface area contributed by atoms with Gasteiger partial charge < -0.3 is 9.47 Å². The summed E-state index contributed by atoms with van der Waals surface area (Å²) < 4.78 is 11.3. The molecule has 3 aliphatic rings. The van der Waals surface area contributed by atoms with Crippen molar-refractivity contribution < 1.29 is 23.9 Å². The van der Waals surface area contributed by atoms with Gasteiger partial charge in [-0.2, -0.15) is 0 Å². The van der Waals surface area contributed by atoms with Crippen LogP contribution in [0, 0.1) is 11.8 Å². The summed E-state index contributed by atoms with van der Waals surface area (Å²) in [5.41, 5.74) is 3.21. The van der Waals surface area contributed by atoms with Crippen LogP contribution in [0.5, 0.6) is 0 Å². The van der Waals surface area contributed by atoms with E-state index in [9.17, 15) is 14.4 Å². The first-order valence-corrected chi connectivity index (χ1v) is 8.42. The number of hydrogen-bond acceptors (Lipinski definition) is 5. The average molecular weight is 342 g/mol. The van der Waals surface area contributed by atoms with E-state index in [2.05, 4.69) is 6.58 Å². The summed E-state index contributed by atoms with van der Waals surface area (Å²) in [6, 6.07) is 0. The fourth-order valence-electron chi connectivity index (χ4n) is 3.97. The molecular weight excluding hydrogens is 320 g/mol. The Kier molecular flexibility index (Phi) is 4.27. The highest BCUT2D eigenvalue weighted by molar-refractivity contribution is 6.09. The van der Waals surface area contributed by atoms with E-state index < -0.39 is 30.1 Å². The van der Waals surface area contributed by atoms with Gasteiger partial charge in [-0.3, -0.25) is 4.79 Å². The Balaban J connectivity index is 2.04. The fourth-order valence-corrected chi connectivity index (χ4v) is 3.97. The third-order valence-electron chi connectivity index (χ3n) is 5.40. The van der Waals surface area contributed by atoms with Crippen LogP contribution in [0.3, 0.4) is 0 Å². The fraction of sp³-hybridized carbons (Fsp3) is 0.450. The summed E-state index contributed by atoms with van der Waals surface area (Å²) in [6.45, 7) is 11.0. The highest BCUT2D eigenvalue weighted by Crippen LogP contribution is 2.48. The van der Waals surface area contributed by atoms with Gasteiger partial charge in [0.2, 0.25) is 0 Å². The van der Waals surface area contributed by atoms with Gasteiger partial charge in [0.1, 0.15) is 12.2 Å². The van der Waals surface area contributed by atoms with Crippen LogP contribution in [0.25, 0.3) is 0 Å². The van der Waals surface area contributed by atoms with Crippen LogP contribution < -0.4 is 0 Å². The van der Waals surface area contributed by atoms with Gasteiger partial charge in [0.05, 0.1) is 5.92 Å². The molecule has 0 aromatic heterocycles. The summed E-state index contributed by atoms with van der Waals surface area (Å²) in [6.07, 6.45) is 2.53. The Hall–Kier alpha value is -2.43. The maximum absolute atomic E-state index is 12.4. The van der Waals surface area contributed by atoms with Crippen molar-refractivity contribution in [3.63, 3.8) is 0 Å². The number of ketones is 1. The molecule has 0 aromatic rings. The van der Waals surface area contributed by atoms with E-state index in [1.165, 1.54) is 0 Å². The lowest BCUT2D eigenvalue weighted by Gasteiger charge is -2.28. The summed E-state index contributed by atoms with van der Waals surface area (Å²) in [5, 5.41) is 0. The summed E-state index contributed by atoms with van der Waals surface area (Å²) >= 11 is 0. The van der Waals surface area contributed by atoms with E-state index in [0.717, 1.165) is 11.1 Å². The van der Waals surface area contributed by atoms with E-state index in [1.807, 2.05) is 13.8 Å². The molecule has 0 amide bonds. The number of carbonyl (C=O) groups excluding carboxylic acids is 3. The van der Waals surface area contributed by atoms with E-state index in [-0.39, 0.29) is 11.7 Å². The number of allylic oxidation sites excluding steroid dienone is 2. The van der Waals surface area contributed by atoms with Crippen molar-refractivity contribution in [1.29, 1.82) is 0 Å². The Morgan fingerprint density at radius 3 is 2.68 bits per heavy atom. The molecule has 0 aromatic carbocycles. The number of rotatable bonds is 2. The Labute approximate surface area is 147 Å². The predicted octanol–water partition coefficient (Wildman–Crippen LogP) is 2.83. The van der Waals surface area contributed by atoms with Crippen LogP contribution in [0.2, 0.25) is 0 Å². The molecule has 1 fully saturated rings. The summed E-state index contributed by atoms with van der Waals surface area (Å²) in [7, 11) is 0. The van der Waals surface area contributed by atoms with Crippen LogP contribution in [0.1, 0.15) is 34.1 Å². The summed E-state index contributed by atoms with van der Waals surface area (Å²) in [5.74, 6) is -1.70. The zero-order valence-electron chi connectivity index (χ0n) is 14.9. The van der Waals surface area contributed by atoms with Gasteiger partial charge in [0.25, 0.3) is 0 Å². The molecule has 5 heteroatoms. The lowest BCUT2D eigenvalue weighted by atomic mass is 9.82. The van der Waals surface area contributed by atoms with E-state index in [4.69, 9.17) is 9.47 Å². The predicted molar refractivity (Wildman–Crippen MR) is 91.4 cm³/mol. The molecule has 0 N–H and O–H groups in total. The van der Waals surface area contributed by atoms with Crippen molar-refractivity contribution in [2.75, 3.05) is 0 Å². The molecule has 5 nitrogen and oxygen atoms in total. The van der Waals surface area contributed by atoms with Crippen molar-refractivity contribution in [2.24, 2.45) is 11.8 Å². The maximum atomic E-state index is 12.4. The SMILES string of the molecule is C=C1C(=O)OC2C3C(C)=CC(=O)C3=C(C)CC(OC(=O)C(C)=CC)C12. The maximum Gasteiger partial charge on any atom is 0.334 e. The van der Waals surface area contributed by atoms with Gasteiger partial charge in [-0.25, -0.2) is 9.59 Å². The number of ether oxygens (including phenoxy) is 2. The molecule has 0 radical (unpaired) electrons. The molecule has 0 saturated carbocycles. The van der Waals surface area contributed by atoms with Gasteiger partial charge in [-0.15, -0.1) is 0 Å². The lowest BCUT2D eigenvalue weighted by molar-refractivity contribution is -0.148. The van der Waals surface area contributed by atoms with Gasteiger partial charge >= 0.3 is 11.9 Å². The second-order valence-electron chi connectivity index (χ2n) is 6.96. The standard InChI is InChI=1S/C20H22O5/c1-6-9(2)19(22)24-14-8-11(4)15-13(21)7-10(3)16(15)18-17(14)12(5)20(23)25-18/h6-7,14,16-18H,5,8H2,1-4H3. The second-order valence-corrected chi connectivity index (χ2v) is 6.96. The highest BCUT2D eigenvalue weighted by Gasteiger charge is 2.53. The lowest BCUT2D eigenvalue weighted by Crippen LogP contribution is -2.36. The highest BCUT2D eigenvalue weighted by atomic mass is 16.6. The minimum atomic E-state index is -0.579. The van der Waals surface area contributed by atoms with Gasteiger partial charge in [0, 0.05) is 29.1 Å². The van der Waals surface area contributed by atoms with Crippen molar-refractivity contribution in [1.82, 2.24) is 0 Å². The van der Waals surface area contributed by atoms with Crippen LogP contribution >= 0.6 is 0 Å². The zero-order valence-corrected chi connectivity index (χ0v) is 14.9. The Morgan fingerprint density at radius 1 is 1.36 bits per heavy atom. The van der Waals surface area contributed by atoms with E-state index >= 15 is 0 Å². The van der Waals surface area contributed by atoms with Crippen LogP contribution in [-0.4, -0.2) is 29.9 Å². The third-order valence-corrected chi connectivity index (χ3v) is 5.40. The first-order valence-electron chi connectivity index (χ1n) is 8.42. The molecule has 0 bridgehead atoms. The molecule has 4 unspecified atom stereocenters. The van der Waals surface area contributed by atoms with Crippen molar-refractivity contribution in [2.45, 2.75) is 46.3 Å². The molecule has 2 aliphatic carbocycles. The molecule has 0 spiro atoms. The smallest absolute Gasteiger partial charge is 0.334 e. The van der Waals surface area contributed by atoms with Gasteiger partial charge in [-0.1, -0.05) is 23.8 Å². The number of hydrogen-bond donors (Lipinski definition) is 0. The Bertz CT molecular complexity index is 780. The normalized spacial score (nSPS) is 32.1. The number of fused-ring (bicyclic) bond motifs is 3. The average Bonchev–Trinajstić information content (AvgIpc) is 2.96. The second kappa shape index (κ2) is 6.14. The molecule has 1 heterocycles. The monoisotopic (exact) mass is 342 g/mol. The Morgan fingerprint density at radius 2 is 2.04 bits per heavy atom. The van der Waals surface area contributed by atoms with Crippen LogP contribution in [-0.2, 0) is 23.9 Å². The molecule has 4 atom stereocenters. The largest absolute Gasteiger partial charge is 0.458 e. The van der Waals surface area contributed by atoms with Crippen molar-refractivity contribution >= 4 is 17.7 Å². The van der Waals surface area contributed by atoms with Gasteiger partial charge in [-0.05, 0) is 33.8 Å².